The quantitative estimate of drug-likeness (QED) is 0.170. The van der Waals surface area contributed by atoms with Gasteiger partial charge in [0.15, 0.2) is 11.9 Å². The van der Waals surface area contributed by atoms with Gasteiger partial charge in [0, 0.05) is 34.5 Å². The Morgan fingerprint density at radius 1 is 0.647 bits per heavy atom. The van der Waals surface area contributed by atoms with Crippen molar-refractivity contribution >= 4 is 58.6 Å². The van der Waals surface area contributed by atoms with Crippen molar-refractivity contribution in [2.75, 3.05) is 23.7 Å². The number of guanidine groups is 2. The highest BCUT2D eigenvalue weighted by Gasteiger charge is 2.03. The highest BCUT2D eigenvalue weighted by Crippen LogP contribution is 2.14. The molecule has 0 saturated heterocycles. The number of benzene rings is 2. The third-order valence-corrected chi connectivity index (χ3v) is 4.85. The van der Waals surface area contributed by atoms with E-state index in [-0.39, 0.29) is 11.9 Å². The molecule has 12 heteroatoms. The Kier molecular flexibility index (Phi) is 11.5. The van der Waals surface area contributed by atoms with Gasteiger partial charge in [0.05, 0.1) is 0 Å². The molecule has 0 bridgehead atoms. The van der Waals surface area contributed by atoms with Crippen LogP contribution in [-0.2, 0) is 0 Å². The van der Waals surface area contributed by atoms with Gasteiger partial charge in [-0.05, 0) is 61.4 Å². The molecule has 8 N–H and O–H groups in total. The predicted octanol–water partition coefficient (Wildman–Crippen LogP) is 4.13. The lowest BCUT2D eigenvalue weighted by molar-refractivity contribution is 0.258. The lowest BCUT2D eigenvalue weighted by atomic mass is 10.2. The fourth-order valence-corrected chi connectivity index (χ4v) is 2.96. The van der Waals surface area contributed by atoms with E-state index in [1.807, 2.05) is 0 Å². The molecule has 0 spiro atoms. The van der Waals surface area contributed by atoms with Crippen LogP contribution in [-0.4, -0.2) is 37.1 Å². The smallest absolute Gasteiger partial charge is 0.348 e. The van der Waals surface area contributed by atoms with Crippen LogP contribution in [0.1, 0.15) is 25.7 Å². The molecule has 0 atom stereocenters. The van der Waals surface area contributed by atoms with Gasteiger partial charge >= 0.3 is 12.1 Å². The Hall–Kier alpha value is -3.50. The number of urea groups is 2. The van der Waals surface area contributed by atoms with Crippen molar-refractivity contribution in [3.05, 3.63) is 58.6 Å². The molecule has 2 aromatic carbocycles. The van der Waals surface area contributed by atoms with E-state index in [1.165, 1.54) is 0 Å². The van der Waals surface area contributed by atoms with Gasteiger partial charge in [0.1, 0.15) is 0 Å². The maximum atomic E-state index is 11.8. The Morgan fingerprint density at radius 2 is 1.00 bits per heavy atom. The largest absolute Gasteiger partial charge is 0.370 e. The highest BCUT2D eigenvalue weighted by molar-refractivity contribution is 6.31. The molecule has 182 valence electrons. The summed E-state index contributed by atoms with van der Waals surface area (Å²) in [7, 11) is 0. The van der Waals surface area contributed by atoms with Crippen molar-refractivity contribution in [2.24, 2.45) is 21.5 Å². The van der Waals surface area contributed by atoms with Crippen molar-refractivity contribution in [3.8, 4) is 0 Å². The maximum absolute atomic E-state index is 11.8. The summed E-state index contributed by atoms with van der Waals surface area (Å²) >= 11 is 11.6. The number of nitrogens with zero attached hydrogens (tertiary/aromatic N) is 2. The van der Waals surface area contributed by atoms with Gasteiger partial charge in [-0.25, -0.2) is 9.59 Å². The summed E-state index contributed by atoms with van der Waals surface area (Å²) in [5.74, 6) is 0.1000. The average Bonchev–Trinajstić information content (AvgIpc) is 2.78. The summed E-state index contributed by atoms with van der Waals surface area (Å²) in [6.07, 6.45) is 3.57. The van der Waals surface area contributed by atoms with E-state index >= 15 is 0 Å². The Balaban J connectivity index is 1.52. The lowest BCUT2D eigenvalue weighted by Crippen LogP contribution is -2.34. The monoisotopic (exact) mass is 506 g/mol. The first-order valence-electron chi connectivity index (χ1n) is 10.6. The highest BCUT2D eigenvalue weighted by atomic mass is 35.5. The fourth-order valence-electron chi connectivity index (χ4n) is 2.70. The first-order chi connectivity index (χ1) is 16.3. The van der Waals surface area contributed by atoms with E-state index in [9.17, 15) is 9.59 Å². The Bertz CT molecular complexity index is 913. The molecule has 0 fully saturated rings. The molecule has 0 radical (unpaired) electrons. The van der Waals surface area contributed by atoms with Crippen molar-refractivity contribution in [2.45, 2.75) is 25.7 Å². The number of anilines is 2. The molecular weight excluding hydrogens is 479 g/mol. The Morgan fingerprint density at radius 3 is 1.35 bits per heavy atom. The van der Waals surface area contributed by atoms with E-state index in [0.29, 0.717) is 34.5 Å². The molecule has 10 nitrogen and oxygen atoms in total. The molecule has 0 aromatic heterocycles. The second-order valence-electron chi connectivity index (χ2n) is 7.14. The normalized spacial score (nSPS) is 11.6. The van der Waals surface area contributed by atoms with Gasteiger partial charge in [-0.2, -0.15) is 9.98 Å². The summed E-state index contributed by atoms with van der Waals surface area (Å²) < 4.78 is 0. The minimum absolute atomic E-state index is 0.0500. The first kappa shape index (κ1) is 26.7. The van der Waals surface area contributed by atoms with Gasteiger partial charge in [-0.3, -0.25) is 0 Å². The zero-order chi connectivity index (χ0) is 24.8. The topological polar surface area (TPSA) is 159 Å². The van der Waals surface area contributed by atoms with Gasteiger partial charge < -0.3 is 32.7 Å². The van der Waals surface area contributed by atoms with Crippen molar-refractivity contribution < 1.29 is 9.59 Å². The minimum atomic E-state index is -0.570. The van der Waals surface area contributed by atoms with Crippen LogP contribution < -0.4 is 32.7 Å². The SMILES string of the molecule is NC(=NC(=O)Nc1ccc(Cl)cc1)NCCCCCCNC(N)=NC(=O)Nc1ccc(Cl)cc1. The third kappa shape index (κ3) is 11.4. The molecule has 0 aliphatic rings. The Labute approximate surface area is 208 Å². The van der Waals surface area contributed by atoms with Crippen LogP contribution in [0, 0.1) is 0 Å². The lowest BCUT2D eigenvalue weighted by Gasteiger charge is -2.07. The molecule has 0 aliphatic carbocycles. The van der Waals surface area contributed by atoms with E-state index in [2.05, 4.69) is 31.3 Å². The van der Waals surface area contributed by atoms with E-state index in [0.717, 1.165) is 25.7 Å². The molecule has 0 aliphatic heterocycles. The van der Waals surface area contributed by atoms with Crippen LogP contribution in [0.4, 0.5) is 21.0 Å². The number of carbonyl (C=O) groups is 2. The van der Waals surface area contributed by atoms with Gasteiger partial charge in [0.25, 0.3) is 0 Å². The van der Waals surface area contributed by atoms with Crippen molar-refractivity contribution in [1.29, 1.82) is 0 Å². The first-order valence-corrected chi connectivity index (χ1v) is 11.4. The number of nitrogens with two attached hydrogens (primary N) is 2. The molecule has 0 saturated carbocycles. The number of hydrogen-bond donors (Lipinski definition) is 6. The van der Waals surface area contributed by atoms with Crippen LogP contribution in [0.25, 0.3) is 0 Å². The number of nitrogens with one attached hydrogen (secondary N) is 4. The zero-order valence-electron chi connectivity index (χ0n) is 18.5. The van der Waals surface area contributed by atoms with Crippen molar-refractivity contribution in [1.82, 2.24) is 10.6 Å². The molecule has 0 heterocycles. The molecule has 0 unspecified atom stereocenters. The fraction of sp³-hybridized carbons (Fsp3) is 0.273. The number of unbranched alkanes of at least 4 members (excludes halogenated alkanes) is 3. The standard InChI is InChI=1S/C22H28Cl2N8O2/c23-15-5-9-17(10-6-15)29-21(33)31-19(25)27-13-3-1-2-4-14-28-20(26)32-22(34)30-18-11-7-16(24)8-12-18/h5-12H,1-4,13-14H2,(H4,25,27,29,31,33)(H4,26,28,30,32,34). The summed E-state index contributed by atoms with van der Waals surface area (Å²) in [5.41, 5.74) is 12.6. The third-order valence-electron chi connectivity index (χ3n) is 4.35. The minimum Gasteiger partial charge on any atom is -0.370 e. The number of hydrogen-bond acceptors (Lipinski definition) is 2. The van der Waals surface area contributed by atoms with Gasteiger partial charge in [0.2, 0.25) is 0 Å². The van der Waals surface area contributed by atoms with E-state index < -0.39 is 12.1 Å². The average molecular weight is 507 g/mol. The molecule has 4 amide bonds. The second kappa shape index (κ2) is 14.6. The van der Waals surface area contributed by atoms with Crippen molar-refractivity contribution in [3.63, 3.8) is 0 Å². The van der Waals surface area contributed by atoms with Gasteiger partial charge in [-0.1, -0.05) is 36.0 Å². The predicted molar refractivity (Wildman–Crippen MR) is 139 cm³/mol. The zero-order valence-corrected chi connectivity index (χ0v) is 20.0. The molecule has 2 rings (SSSR count). The van der Waals surface area contributed by atoms with E-state index in [1.54, 1.807) is 48.5 Å². The number of carbonyl (C=O) groups excluding carboxylic acids is 2. The molecule has 2 aromatic rings. The van der Waals surface area contributed by atoms with Crippen LogP contribution >= 0.6 is 23.2 Å². The summed E-state index contributed by atoms with van der Waals surface area (Å²) in [6, 6.07) is 12.2. The number of aliphatic imine (C=N–C) groups is 2. The summed E-state index contributed by atoms with van der Waals surface area (Å²) in [4.78, 5) is 31.1. The number of rotatable bonds is 9. The molecular formula is C22H28Cl2N8O2. The summed E-state index contributed by atoms with van der Waals surface area (Å²) in [6.45, 7) is 1.18. The van der Waals surface area contributed by atoms with E-state index in [4.69, 9.17) is 34.7 Å². The summed E-state index contributed by atoms with van der Waals surface area (Å²) in [5, 5.41) is 12.2. The van der Waals surface area contributed by atoms with Crippen LogP contribution in [0.5, 0.6) is 0 Å². The number of halogens is 2. The maximum Gasteiger partial charge on any atom is 0.348 e. The second-order valence-corrected chi connectivity index (χ2v) is 8.01. The number of amides is 4. The molecule has 34 heavy (non-hydrogen) atoms. The van der Waals surface area contributed by atoms with Crippen LogP contribution in [0.3, 0.4) is 0 Å². The van der Waals surface area contributed by atoms with Gasteiger partial charge in [-0.15, -0.1) is 0 Å². The van der Waals surface area contributed by atoms with Crippen LogP contribution in [0.2, 0.25) is 10.0 Å². The van der Waals surface area contributed by atoms with Crippen LogP contribution in [0.15, 0.2) is 58.5 Å².